The molecular weight excluding hydrogens is 388 g/mol. The van der Waals surface area contributed by atoms with Gasteiger partial charge < -0.3 is 15.4 Å². The second kappa shape index (κ2) is 8.25. The Kier molecular flexibility index (Phi) is 6.50. The molecule has 0 radical (unpaired) electrons. The molecule has 0 aromatic heterocycles. The Morgan fingerprint density at radius 2 is 2.00 bits per heavy atom. The molecule has 1 saturated carbocycles. The highest BCUT2D eigenvalue weighted by Crippen LogP contribution is 2.46. The van der Waals surface area contributed by atoms with Gasteiger partial charge in [-0.05, 0) is 43.4 Å². The average Bonchev–Trinajstić information content (AvgIpc) is 2.81. The molecule has 1 aliphatic heterocycles. The summed E-state index contributed by atoms with van der Waals surface area (Å²) in [6, 6.07) is 1.41. The molecule has 3 atom stereocenters. The highest BCUT2D eigenvalue weighted by molar-refractivity contribution is 6.08. The number of hydrogen-bond acceptors (Lipinski definition) is 6. The fourth-order valence-electron chi connectivity index (χ4n) is 4.60. The van der Waals surface area contributed by atoms with Crippen molar-refractivity contribution >= 4 is 23.8 Å². The summed E-state index contributed by atoms with van der Waals surface area (Å²) in [5.41, 5.74) is -2.20. The molecule has 30 heavy (non-hydrogen) atoms. The van der Waals surface area contributed by atoms with Gasteiger partial charge >= 0.3 is 12.0 Å². The standard InChI is InChI=1S/C21H32N4O5/c1-13(2)20(6,12-22)23-15(26)10-30-16(27)9-25-17(28)21(24-18(25)29)8-14(3)7-19(4,5)11-21/h13-14H,7-11H2,1-6H3,(H,23,26)(H,24,29)/t14-,20+,21-/m1/s1. The number of nitrogens with zero attached hydrogens (tertiary/aromatic N) is 2. The van der Waals surface area contributed by atoms with Crippen LogP contribution in [-0.4, -0.2) is 52.9 Å². The molecule has 166 valence electrons. The van der Waals surface area contributed by atoms with E-state index in [0.29, 0.717) is 12.8 Å². The topological polar surface area (TPSA) is 129 Å². The first-order valence-corrected chi connectivity index (χ1v) is 10.3. The Labute approximate surface area is 177 Å². The largest absolute Gasteiger partial charge is 0.454 e. The van der Waals surface area contributed by atoms with Crippen LogP contribution in [0.1, 0.15) is 60.8 Å². The monoisotopic (exact) mass is 420 g/mol. The Bertz CT molecular complexity index is 787. The maximum absolute atomic E-state index is 13.0. The fraction of sp³-hybridized carbons (Fsp3) is 0.762. The zero-order valence-corrected chi connectivity index (χ0v) is 18.6. The van der Waals surface area contributed by atoms with Crippen LogP contribution in [-0.2, 0) is 19.1 Å². The van der Waals surface area contributed by atoms with Gasteiger partial charge in [0.15, 0.2) is 6.61 Å². The van der Waals surface area contributed by atoms with Crippen molar-refractivity contribution in [3.05, 3.63) is 0 Å². The second-order valence-corrected chi connectivity index (χ2v) is 9.94. The Balaban J connectivity index is 1.96. The first kappa shape index (κ1) is 23.6. The quantitative estimate of drug-likeness (QED) is 0.497. The van der Waals surface area contributed by atoms with Crippen molar-refractivity contribution in [2.45, 2.75) is 71.9 Å². The smallest absolute Gasteiger partial charge is 0.326 e. The van der Waals surface area contributed by atoms with Gasteiger partial charge in [0.25, 0.3) is 11.8 Å². The fourth-order valence-corrected chi connectivity index (χ4v) is 4.60. The SMILES string of the molecule is CC(C)[C@](C)(C#N)NC(=O)COC(=O)CN1C(=O)N[C@@]2(C[C@H](C)CC(C)(C)C2)C1=O. The summed E-state index contributed by atoms with van der Waals surface area (Å²) in [7, 11) is 0. The summed E-state index contributed by atoms with van der Waals surface area (Å²) in [6.45, 7) is 10.2. The van der Waals surface area contributed by atoms with Crippen molar-refractivity contribution in [1.82, 2.24) is 15.5 Å². The molecule has 0 unspecified atom stereocenters. The number of esters is 1. The van der Waals surface area contributed by atoms with Gasteiger partial charge in [-0.2, -0.15) is 5.26 Å². The minimum absolute atomic E-state index is 0.112. The number of nitrogens with one attached hydrogen (secondary N) is 2. The van der Waals surface area contributed by atoms with E-state index >= 15 is 0 Å². The number of carbonyl (C=O) groups is 4. The third-order valence-electron chi connectivity index (χ3n) is 6.06. The van der Waals surface area contributed by atoms with Crippen LogP contribution in [0.5, 0.6) is 0 Å². The van der Waals surface area contributed by atoms with E-state index in [9.17, 15) is 24.4 Å². The Morgan fingerprint density at radius 1 is 1.37 bits per heavy atom. The third-order valence-corrected chi connectivity index (χ3v) is 6.06. The van der Waals surface area contributed by atoms with Gasteiger partial charge in [0.05, 0.1) is 6.07 Å². The van der Waals surface area contributed by atoms with Crippen molar-refractivity contribution in [2.75, 3.05) is 13.2 Å². The molecule has 2 fully saturated rings. The van der Waals surface area contributed by atoms with Crippen LogP contribution in [0.25, 0.3) is 0 Å². The third kappa shape index (κ3) is 4.91. The number of urea groups is 1. The van der Waals surface area contributed by atoms with Gasteiger partial charge in [-0.1, -0.05) is 34.6 Å². The molecular formula is C21H32N4O5. The van der Waals surface area contributed by atoms with Crippen molar-refractivity contribution in [2.24, 2.45) is 17.3 Å². The lowest BCUT2D eigenvalue weighted by molar-refractivity contribution is -0.151. The molecule has 2 rings (SSSR count). The van der Waals surface area contributed by atoms with Gasteiger partial charge in [0.1, 0.15) is 17.6 Å². The van der Waals surface area contributed by atoms with Crippen LogP contribution in [0, 0.1) is 28.6 Å². The lowest BCUT2D eigenvalue weighted by atomic mass is 9.64. The van der Waals surface area contributed by atoms with E-state index in [-0.39, 0.29) is 17.3 Å². The minimum Gasteiger partial charge on any atom is -0.454 e. The van der Waals surface area contributed by atoms with E-state index in [2.05, 4.69) is 24.5 Å². The highest BCUT2D eigenvalue weighted by atomic mass is 16.5. The number of ether oxygens (including phenoxy) is 1. The lowest BCUT2D eigenvalue weighted by Crippen LogP contribution is -2.54. The van der Waals surface area contributed by atoms with Crippen LogP contribution in [0.2, 0.25) is 0 Å². The summed E-state index contributed by atoms with van der Waals surface area (Å²) < 4.78 is 4.94. The molecule has 2 N–H and O–H groups in total. The maximum Gasteiger partial charge on any atom is 0.326 e. The average molecular weight is 421 g/mol. The van der Waals surface area contributed by atoms with Gasteiger partial charge in [-0.3, -0.25) is 19.3 Å². The number of nitriles is 1. The summed E-state index contributed by atoms with van der Waals surface area (Å²) in [5.74, 6) is -1.81. The predicted molar refractivity (Wildman–Crippen MR) is 108 cm³/mol. The molecule has 0 aromatic rings. The molecule has 0 aromatic carbocycles. The Hall–Kier alpha value is -2.63. The first-order chi connectivity index (χ1) is 13.7. The molecule has 4 amide bonds. The van der Waals surface area contributed by atoms with Gasteiger partial charge in [-0.15, -0.1) is 0 Å². The summed E-state index contributed by atoms with van der Waals surface area (Å²) in [6.07, 6.45) is 1.98. The van der Waals surface area contributed by atoms with E-state index in [0.717, 1.165) is 11.3 Å². The molecule has 9 nitrogen and oxygen atoms in total. The van der Waals surface area contributed by atoms with E-state index in [4.69, 9.17) is 4.74 Å². The molecule has 0 bridgehead atoms. The minimum atomic E-state index is -1.09. The van der Waals surface area contributed by atoms with Crippen LogP contribution in [0.15, 0.2) is 0 Å². The van der Waals surface area contributed by atoms with E-state index in [1.165, 1.54) is 0 Å². The zero-order chi connectivity index (χ0) is 22.9. The normalized spacial score (nSPS) is 27.4. The number of hydrogen-bond donors (Lipinski definition) is 2. The van der Waals surface area contributed by atoms with Crippen molar-refractivity contribution in [3.63, 3.8) is 0 Å². The van der Waals surface area contributed by atoms with Gasteiger partial charge in [0.2, 0.25) is 0 Å². The van der Waals surface area contributed by atoms with E-state index in [1.54, 1.807) is 20.8 Å². The zero-order valence-electron chi connectivity index (χ0n) is 18.6. The van der Waals surface area contributed by atoms with Crippen LogP contribution < -0.4 is 10.6 Å². The van der Waals surface area contributed by atoms with E-state index in [1.807, 2.05) is 13.0 Å². The highest BCUT2D eigenvalue weighted by Gasteiger charge is 2.56. The Morgan fingerprint density at radius 3 is 2.53 bits per heavy atom. The second-order valence-electron chi connectivity index (χ2n) is 9.94. The number of imide groups is 1. The van der Waals surface area contributed by atoms with Crippen LogP contribution in [0.4, 0.5) is 4.79 Å². The maximum atomic E-state index is 13.0. The van der Waals surface area contributed by atoms with Crippen molar-refractivity contribution in [1.29, 1.82) is 5.26 Å². The van der Waals surface area contributed by atoms with Crippen LogP contribution >= 0.6 is 0 Å². The molecule has 9 heteroatoms. The lowest BCUT2D eigenvalue weighted by Gasteiger charge is -2.43. The number of rotatable bonds is 6. The molecule has 2 aliphatic rings. The van der Waals surface area contributed by atoms with Crippen LogP contribution in [0.3, 0.4) is 0 Å². The number of carbonyl (C=O) groups excluding carboxylic acids is 4. The van der Waals surface area contributed by atoms with Gasteiger partial charge in [-0.25, -0.2) is 4.79 Å². The number of amides is 4. The predicted octanol–water partition coefficient (Wildman–Crippen LogP) is 1.72. The van der Waals surface area contributed by atoms with Gasteiger partial charge in [0, 0.05) is 0 Å². The summed E-state index contributed by atoms with van der Waals surface area (Å²) in [4.78, 5) is 50.5. The molecule has 1 aliphatic carbocycles. The van der Waals surface area contributed by atoms with Crippen molar-refractivity contribution in [3.8, 4) is 6.07 Å². The summed E-state index contributed by atoms with van der Waals surface area (Å²) in [5, 5.41) is 14.6. The molecule has 1 saturated heterocycles. The molecule has 1 heterocycles. The summed E-state index contributed by atoms with van der Waals surface area (Å²) >= 11 is 0. The van der Waals surface area contributed by atoms with E-state index < -0.39 is 48.0 Å². The van der Waals surface area contributed by atoms with Crippen molar-refractivity contribution < 1.29 is 23.9 Å². The molecule has 1 spiro atoms. The first-order valence-electron chi connectivity index (χ1n) is 10.3.